The van der Waals surface area contributed by atoms with Gasteiger partial charge < -0.3 is 49.1 Å². The van der Waals surface area contributed by atoms with Crippen molar-refractivity contribution < 1.29 is 34.2 Å². The quantitative estimate of drug-likeness (QED) is 0.0495. The number of benzene rings is 1. The van der Waals surface area contributed by atoms with Gasteiger partial charge in [0.15, 0.2) is 5.96 Å². The lowest BCUT2D eigenvalue weighted by Gasteiger charge is -2.25. The predicted octanol–water partition coefficient (Wildman–Crippen LogP) is -2.52. The Morgan fingerprint density at radius 3 is 2.02 bits per heavy atom. The molecule has 0 aliphatic heterocycles. The number of carbonyl (C=O) groups excluding carboxylic acids is 4. The Labute approximate surface area is 235 Å². The molecule has 15 nitrogen and oxygen atoms in total. The minimum absolute atomic E-state index is 0.0179. The van der Waals surface area contributed by atoms with Gasteiger partial charge in [0.2, 0.25) is 23.6 Å². The number of hydrogen-bond donors (Lipinski definition) is 9. The number of rotatable bonds is 18. The number of nitrogens with one attached hydrogen (secondary N) is 3. The number of aromatic hydroxyl groups is 1. The molecule has 4 unspecified atom stereocenters. The van der Waals surface area contributed by atoms with E-state index in [1.54, 1.807) is 0 Å². The SMILES string of the molecule is CSCCC(NC(=O)C(N)CCCN=C(N)N)C(=O)NC(Cc1ccc(O)cc1)C(=O)NC(CC(N)=O)C(=O)O. The van der Waals surface area contributed by atoms with Crippen molar-refractivity contribution in [1.29, 1.82) is 0 Å². The Kier molecular flexibility index (Phi) is 14.9. The number of carboxylic acid groups (broad SMARTS) is 1. The second-order valence-corrected chi connectivity index (χ2v) is 9.89. The molecule has 0 aliphatic rings. The molecule has 0 heterocycles. The molecule has 4 amide bonds. The van der Waals surface area contributed by atoms with Crippen LogP contribution in [0.3, 0.4) is 0 Å². The van der Waals surface area contributed by atoms with Crippen LogP contribution in [0.15, 0.2) is 29.3 Å². The minimum atomic E-state index is -1.62. The van der Waals surface area contributed by atoms with Crippen LogP contribution in [0.1, 0.15) is 31.2 Å². The number of primary amides is 1. The van der Waals surface area contributed by atoms with Gasteiger partial charge in [0.05, 0.1) is 12.5 Å². The number of carboxylic acids is 1. The minimum Gasteiger partial charge on any atom is -0.508 e. The monoisotopic (exact) mass is 582 g/mol. The van der Waals surface area contributed by atoms with Crippen molar-refractivity contribution in [1.82, 2.24) is 16.0 Å². The zero-order chi connectivity index (χ0) is 30.2. The molecule has 1 aromatic rings. The predicted molar refractivity (Wildman–Crippen MR) is 150 cm³/mol. The van der Waals surface area contributed by atoms with E-state index in [2.05, 4.69) is 20.9 Å². The van der Waals surface area contributed by atoms with Crippen molar-refractivity contribution in [2.45, 2.75) is 56.3 Å². The van der Waals surface area contributed by atoms with Gasteiger partial charge in [-0.05, 0) is 49.0 Å². The van der Waals surface area contributed by atoms with Gasteiger partial charge in [-0.25, -0.2) is 4.79 Å². The number of aliphatic carboxylic acids is 1. The Balaban J connectivity index is 3.07. The summed E-state index contributed by atoms with van der Waals surface area (Å²) in [6.45, 7) is 0.279. The maximum Gasteiger partial charge on any atom is 0.326 e. The summed E-state index contributed by atoms with van der Waals surface area (Å²) in [7, 11) is 0. The molecule has 1 aromatic carbocycles. The van der Waals surface area contributed by atoms with Crippen LogP contribution in [0, 0.1) is 0 Å². The van der Waals surface area contributed by atoms with Crippen LogP contribution in [-0.4, -0.2) is 88.5 Å². The number of phenols is 1. The fraction of sp³-hybridized carbons (Fsp3) is 0.500. The Morgan fingerprint density at radius 2 is 1.48 bits per heavy atom. The first-order valence-corrected chi connectivity index (χ1v) is 13.7. The fourth-order valence-corrected chi connectivity index (χ4v) is 3.93. The molecular weight excluding hydrogens is 544 g/mol. The van der Waals surface area contributed by atoms with Gasteiger partial charge in [0.1, 0.15) is 23.9 Å². The van der Waals surface area contributed by atoms with Gasteiger partial charge >= 0.3 is 5.97 Å². The summed E-state index contributed by atoms with van der Waals surface area (Å²) < 4.78 is 0. The summed E-state index contributed by atoms with van der Waals surface area (Å²) in [6.07, 6.45) is 1.97. The first kappa shape index (κ1) is 34.0. The molecule has 0 bridgehead atoms. The number of phenolic OH excluding ortho intramolecular Hbond substituents is 1. The zero-order valence-corrected chi connectivity index (χ0v) is 23.0. The maximum atomic E-state index is 13.3. The third kappa shape index (κ3) is 13.1. The highest BCUT2D eigenvalue weighted by molar-refractivity contribution is 7.98. The van der Waals surface area contributed by atoms with Crippen LogP contribution in [0.5, 0.6) is 5.75 Å². The van der Waals surface area contributed by atoms with E-state index in [1.807, 2.05) is 6.26 Å². The second-order valence-electron chi connectivity index (χ2n) is 8.90. The fourth-order valence-electron chi connectivity index (χ4n) is 3.46. The third-order valence-corrected chi connectivity index (χ3v) is 6.22. The Hall–Kier alpha value is -4.05. The number of aliphatic imine (C=N–C) groups is 1. The molecule has 16 heteroatoms. The summed E-state index contributed by atoms with van der Waals surface area (Å²) in [4.78, 5) is 65.7. The molecule has 0 aromatic heterocycles. The van der Waals surface area contributed by atoms with Crippen LogP contribution in [-0.2, 0) is 30.4 Å². The average molecular weight is 583 g/mol. The lowest BCUT2D eigenvalue weighted by molar-refractivity contribution is -0.143. The highest BCUT2D eigenvalue weighted by Crippen LogP contribution is 2.12. The summed E-state index contributed by atoms with van der Waals surface area (Å²) in [6, 6.07) is 0.897. The third-order valence-electron chi connectivity index (χ3n) is 5.58. The second kappa shape index (κ2) is 17.5. The zero-order valence-electron chi connectivity index (χ0n) is 22.2. The molecule has 0 aliphatic carbocycles. The topological polar surface area (TPSA) is 278 Å². The van der Waals surface area contributed by atoms with Crippen molar-refractivity contribution in [2.24, 2.45) is 27.9 Å². The van der Waals surface area contributed by atoms with Gasteiger partial charge in [-0.1, -0.05) is 12.1 Å². The molecule has 4 atom stereocenters. The number of hydrogen-bond acceptors (Lipinski definition) is 9. The van der Waals surface area contributed by atoms with Crippen LogP contribution >= 0.6 is 11.8 Å². The number of thioether (sulfide) groups is 1. The standard InChI is InChI=1S/C24H38N8O7S/c1-40-10-8-16(30-20(35)15(25)3-2-9-29-24(27)28)21(36)31-17(11-13-4-6-14(33)7-5-13)22(37)32-18(23(38)39)12-19(26)34/h4-7,15-18,33H,2-3,8-12,25H2,1H3,(H2,26,34)(H,30,35)(H,31,36)(H,32,37)(H,38,39)(H4,27,28,29). The van der Waals surface area contributed by atoms with E-state index >= 15 is 0 Å². The number of guanidine groups is 1. The van der Waals surface area contributed by atoms with E-state index < -0.39 is 60.2 Å². The number of nitrogens with two attached hydrogens (primary N) is 4. The van der Waals surface area contributed by atoms with Gasteiger partial charge in [0.25, 0.3) is 0 Å². The smallest absolute Gasteiger partial charge is 0.326 e. The largest absolute Gasteiger partial charge is 0.508 e. The van der Waals surface area contributed by atoms with Crippen LogP contribution in [0.2, 0.25) is 0 Å². The molecule has 40 heavy (non-hydrogen) atoms. The lowest BCUT2D eigenvalue weighted by atomic mass is 10.0. The maximum absolute atomic E-state index is 13.3. The first-order chi connectivity index (χ1) is 18.8. The molecular formula is C24H38N8O7S. The van der Waals surface area contributed by atoms with Gasteiger partial charge in [-0.15, -0.1) is 0 Å². The van der Waals surface area contributed by atoms with Crippen molar-refractivity contribution >= 4 is 47.3 Å². The van der Waals surface area contributed by atoms with Crippen molar-refractivity contribution in [3.8, 4) is 5.75 Å². The number of amides is 4. The van der Waals surface area contributed by atoms with E-state index in [-0.39, 0.29) is 37.5 Å². The molecule has 0 radical (unpaired) electrons. The molecule has 0 spiro atoms. The Bertz CT molecular complexity index is 1050. The van der Waals surface area contributed by atoms with Crippen LogP contribution in [0.25, 0.3) is 0 Å². The Morgan fingerprint density at radius 1 is 0.900 bits per heavy atom. The van der Waals surface area contributed by atoms with E-state index in [0.717, 1.165) is 0 Å². The molecule has 13 N–H and O–H groups in total. The number of nitrogens with zero attached hydrogens (tertiary/aromatic N) is 1. The average Bonchev–Trinajstić information content (AvgIpc) is 2.88. The molecule has 222 valence electrons. The number of carbonyl (C=O) groups is 5. The van der Waals surface area contributed by atoms with E-state index in [0.29, 0.717) is 17.7 Å². The van der Waals surface area contributed by atoms with E-state index in [1.165, 1.54) is 36.0 Å². The lowest BCUT2D eigenvalue weighted by Crippen LogP contribution is -2.58. The van der Waals surface area contributed by atoms with Crippen molar-refractivity contribution in [2.75, 3.05) is 18.6 Å². The van der Waals surface area contributed by atoms with Gasteiger partial charge in [-0.2, -0.15) is 11.8 Å². The summed E-state index contributed by atoms with van der Waals surface area (Å²) >= 11 is 1.44. The highest BCUT2D eigenvalue weighted by Gasteiger charge is 2.31. The van der Waals surface area contributed by atoms with Gasteiger partial charge in [0, 0.05) is 13.0 Å². The first-order valence-electron chi connectivity index (χ1n) is 12.3. The summed E-state index contributed by atoms with van der Waals surface area (Å²) in [5, 5.41) is 26.3. The van der Waals surface area contributed by atoms with Crippen molar-refractivity contribution in [3.05, 3.63) is 29.8 Å². The van der Waals surface area contributed by atoms with E-state index in [4.69, 9.17) is 22.9 Å². The van der Waals surface area contributed by atoms with Crippen LogP contribution < -0.4 is 38.9 Å². The molecule has 0 saturated carbocycles. The highest BCUT2D eigenvalue weighted by atomic mass is 32.2. The summed E-state index contributed by atoms with van der Waals surface area (Å²) in [5.41, 5.74) is 22.1. The van der Waals surface area contributed by atoms with Gasteiger partial charge in [-0.3, -0.25) is 24.2 Å². The van der Waals surface area contributed by atoms with Crippen molar-refractivity contribution in [3.63, 3.8) is 0 Å². The summed E-state index contributed by atoms with van der Waals surface area (Å²) in [5.74, 6) is -4.21. The molecule has 0 saturated heterocycles. The van der Waals surface area contributed by atoms with E-state index in [9.17, 15) is 34.2 Å². The van der Waals surface area contributed by atoms with Crippen LogP contribution in [0.4, 0.5) is 0 Å². The molecule has 0 fully saturated rings. The molecule has 1 rings (SSSR count). The normalized spacial score (nSPS) is 13.7.